The number of hydrogen-bond acceptors (Lipinski definition) is 5. The molecule has 146 valence electrons. The Morgan fingerprint density at radius 3 is 2.59 bits per heavy atom. The average Bonchev–Trinajstić information content (AvgIpc) is 3.29. The van der Waals surface area contributed by atoms with Gasteiger partial charge in [-0.2, -0.15) is 0 Å². The summed E-state index contributed by atoms with van der Waals surface area (Å²) in [6, 6.07) is 0. The highest BCUT2D eigenvalue weighted by Crippen LogP contribution is 2.36. The summed E-state index contributed by atoms with van der Waals surface area (Å²) in [6.07, 6.45) is 8.76. The van der Waals surface area contributed by atoms with Crippen LogP contribution in [0.4, 0.5) is 5.82 Å². The van der Waals surface area contributed by atoms with E-state index in [2.05, 4.69) is 28.7 Å². The number of hydrogen-bond donors (Lipinski definition) is 0. The van der Waals surface area contributed by atoms with Crippen molar-refractivity contribution in [3.05, 3.63) is 16.8 Å². The van der Waals surface area contributed by atoms with Gasteiger partial charge >= 0.3 is 0 Å². The fraction of sp³-hybridized carbons (Fsp3) is 0.667. The lowest BCUT2D eigenvalue weighted by atomic mass is 9.94. The predicted molar refractivity (Wildman–Crippen MR) is 111 cm³/mol. The predicted octanol–water partition coefficient (Wildman–Crippen LogP) is 4.17. The van der Waals surface area contributed by atoms with Crippen molar-refractivity contribution in [3.8, 4) is 0 Å². The van der Waals surface area contributed by atoms with E-state index in [4.69, 9.17) is 0 Å². The molecule has 0 bridgehead atoms. The third-order valence-electron chi connectivity index (χ3n) is 6.47. The second-order valence-electron chi connectivity index (χ2n) is 8.29. The number of carbonyl (C=O) groups excluding carboxylic acids is 1. The van der Waals surface area contributed by atoms with Crippen molar-refractivity contribution in [3.63, 3.8) is 0 Å². The molecule has 3 heterocycles. The van der Waals surface area contributed by atoms with Crippen LogP contribution in [0.3, 0.4) is 0 Å². The molecule has 27 heavy (non-hydrogen) atoms. The third kappa shape index (κ3) is 3.68. The topological polar surface area (TPSA) is 49.3 Å². The molecule has 1 amide bonds. The normalized spacial score (nSPS) is 19.1. The van der Waals surface area contributed by atoms with E-state index in [-0.39, 0.29) is 5.92 Å². The standard InChI is InChI=1S/C21H30N4OS/c1-14-15(2)27-20-18(14)19(22-13-23-20)25-10-8-17(9-11-25)21(26)24(3)12-16-6-4-5-7-16/h13,16-17H,4-12H2,1-3H3. The molecule has 2 fully saturated rings. The van der Waals surface area contributed by atoms with Crippen molar-refractivity contribution in [2.24, 2.45) is 11.8 Å². The molecule has 1 aliphatic carbocycles. The summed E-state index contributed by atoms with van der Waals surface area (Å²) >= 11 is 1.74. The van der Waals surface area contributed by atoms with Gasteiger partial charge < -0.3 is 9.80 Å². The largest absolute Gasteiger partial charge is 0.356 e. The van der Waals surface area contributed by atoms with Gasteiger partial charge in [-0.05, 0) is 51.0 Å². The van der Waals surface area contributed by atoms with Crippen molar-refractivity contribution in [1.29, 1.82) is 0 Å². The average molecular weight is 387 g/mol. The first-order valence-corrected chi connectivity index (χ1v) is 11.1. The Morgan fingerprint density at radius 1 is 1.19 bits per heavy atom. The number of nitrogens with zero attached hydrogens (tertiary/aromatic N) is 4. The van der Waals surface area contributed by atoms with Gasteiger partial charge in [-0.1, -0.05) is 12.8 Å². The molecule has 0 unspecified atom stereocenters. The number of fused-ring (bicyclic) bond motifs is 1. The fourth-order valence-corrected chi connectivity index (χ4v) is 5.72. The number of anilines is 1. The van der Waals surface area contributed by atoms with Gasteiger partial charge in [0.1, 0.15) is 17.0 Å². The highest BCUT2D eigenvalue weighted by molar-refractivity contribution is 7.18. The van der Waals surface area contributed by atoms with Crippen molar-refractivity contribution >= 4 is 33.3 Å². The van der Waals surface area contributed by atoms with E-state index in [1.165, 1.54) is 41.5 Å². The van der Waals surface area contributed by atoms with Crippen LogP contribution in [0.25, 0.3) is 10.2 Å². The number of thiophene rings is 1. The lowest BCUT2D eigenvalue weighted by molar-refractivity contribution is -0.135. The lowest BCUT2D eigenvalue weighted by Crippen LogP contribution is -2.42. The molecule has 0 spiro atoms. The maximum Gasteiger partial charge on any atom is 0.225 e. The van der Waals surface area contributed by atoms with Gasteiger partial charge in [0.05, 0.1) is 5.39 Å². The third-order valence-corrected chi connectivity index (χ3v) is 7.59. The van der Waals surface area contributed by atoms with E-state index in [1.54, 1.807) is 17.7 Å². The number of aromatic nitrogens is 2. The number of amides is 1. The van der Waals surface area contributed by atoms with Crippen LogP contribution in [-0.2, 0) is 4.79 Å². The summed E-state index contributed by atoms with van der Waals surface area (Å²) in [5.74, 6) is 2.28. The van der Waals surface area contributed by atoms with Gasteiger partial charge in [-0.15, -0.1) is 11.3 Å². The maximum atomic E-state index is 12.9. The van der Waals surface area contributed by atoms with Crippen molar-refractivity contribution in [1.82, 2.24) is 14.9 Å². The SMILES string of the molecule is Cc1sc2ncnc(N3CCC(C(=O)N(C)CC4CCCC4)CC3)c2c1C. The van der Waals surface area contributed by atoms with E-state index in [1.807, 2.05) is 11.9 Å². The molecular weight excluding hydrogens is 356 g/mol. The molecule has 5 nitrogen and oxygen atoms in total. The zero-order valence-electron chi connectivity index (χ0n) is 16.7. The van der Waals surface area contributed by atoms with Crippen LogP contribution in [-0.4, -0.2) is 47.5 Å². The number of rotatable bonds is 4. The highest BCUT2D eigenvalue weighted by atomic mass is 32.1. The summed E-state index contributed by atoms with van der Waals surface area (Å²) in [6.45, 7) is 7.05. The second-order valence-corrected chi connectivity index (χ2v) is 9.49. The second kappa shape index (κ2) is 7.74. The van der Waals surface area contributed by atoms with Crippen molar-refractivity contribution < 1.29 is 4.79 Å². The minimum absolute atomic E-state index is 0.162. The summed E-state index contributed by atoms with van der Waals surface area (Å²) in [7, 11) is 2.00. The molecule has 1 saturated carbocycles. The smallest absolute Gasteiger partial charge is 0.225 e. The molecule has 2 aliphatic rings. The first kappa shape index (κ1) is 18.7. The van der Waals surface area contributed by atoms with E-state index >= 15 is 0 Å². The summed E-state index contributed by atoms with van der Waals surface area (Å²) < 4.78 is 0. The Hall–Kier alpha value is -1.69. The van der Waals surface area contributed by atoms with Gasteiger partial charge in [0, 0.05) is 37.5 Å². The number of piperidine rings is 1. The highest BCUT2D eigenvalue weighted by Gasteiger charge is 2.30. The Labute approximate surface area is 165 Å². The van der Waals surface area contributed by atoms with Crippen LogP contribution in [0.5, 0.6) is 0 Å². The van der Waals surface area contributed by atoms with Gasteiger partial charge in [0.25, 0.3) is 0 Å². The molecule has 1 aliphatic heterocycles. The van der Waals surface area contributed by atoms with Crippen LogP contribution in [0.2, 0.25) is 0 Å². The quantitative estimate of drug-likeness (QED) is 0.791. The Morgan fingerprint density at radius 2 is 1.89 bits per heavy atom. The van der Waals surface area contributed by atoms with Crippen LogP contribution in [0, 0.1) is 25.7 Å². The molecule has 2 aromatic rings. The van der Waals surface area contributed by atoms with Gasteiger partial charge in [0.2, 0.25) is 5.91 Å². The molecule has 6 heteroatoms. The zero-order chi connectivity index (χ0) is 19.0. The van der Waals surface area contributed by atoms with E-state index in [0.717, 1.165) is 49.0 Å². The van der Waals surface area contributed by atoms with Gasteiger partial charge in [0.15, 0.2) is 0 Å². The van der Waals surface area contributed by atoms with E-state index in [0.29, 0.717) is 5.91 Å². The number of carbonyl (C=O) groups is 1. The van der Waals surface area contributed by atoms with Crippen LogP contribution < -0.4 is 4.90 Å². The van der Waals surface area contributed by atoms with E-state index < -0.39 is 0 Å². The Balaban J connectivity index is 1.41. The Kier molecular flexibility index (Phi) is 5.35. The monoisotopic (exact) mass is 386 g/mol. The van der Waals surface area contributed by atoms with Gasteiger partial charge in [-0.3, -0.25) is 4.79 Å². The minimum atomic E-state index is 0.162. The summed E-state index contributed by atoms with van der Waals surface area (Å²) in [5, 5.41) is 1.20. The van der Waals surface area contributed by atoms with Crippen LogP contribution in [0.15, 0.2) is 6.33 Å². The zero-order valence-corrected chi connectivity index (χ0v) is 17.5. The molecular formula is C21H30N4OS. The number of aryl methyl sites for hydroxylation is 2. The van der Waals surface area contributed by atoms with E-state index in [9.17, 15) is 4.79 Å². The van der Waals surface area contributed by atoms with Crippen molar-refractivity contribution in [2.75, 3.05) is 31.6 Å². The molecule has 4 rings (SSSR count). The maximum absolute atomic E-state index is 12.9. The van der Waals surface area contributed by atoms with Gasteiger partial charge in [-0.25, -0.2) is 9.97 Å². The summed E-state index contributed by atoms with van der Waals surface area (Å²) in [5.41, 5.74) is 1.29. The minimum Gasteiger partial charge on any atom is -0.356 e. The van der Waals surface area contributed by atoms with Crippen LogP contribution in [0.1, 0.15) is 49.0 Å². The van der Waals surface area contributed by atoms with Crippen LogP contribution >= 0.6 is 11.3 Å². The fourth-order valence-electron chi connectivity index (χ4n) is 4.72. The molecule has 0 N–H and O–H groups in total. The molecule has 0 radical (unpaired) electrons. The Bertz CT molecular complexity index is 819. The molecule has 1 saturated heterocycles. The molecule has 0 atom stereocenters. The first-order chi connectivity index (χ1) is 13.0. The molecule has 2 aromatic heterocycles. The molecule has 0 aromatic carbocycles. The van der Waals surface area contributed by atoms with Crippen molar-refractivity contribution in [2.45, 2.75) is 52.4 Å². The lowest BCUT2D eigenvalue weighted by Gasteiger charge is -2.34. The first-order valence-electron chi connectivity index (χ1n) is 10.2. The summed E-state index contributed by atoms with van der Waals surface area (Å²) in [4.78, 5) is 28.7.